The van der Waals surface area contributed by atoms with Crippen molar-refractivity contribution >= 4 is 29.3 Å². The van der Waals surface area contributed by atoms with Gasteiger partial charge in [0.25, 0.3) is 5.91 Å². The fourth-order valence-electron chi connectivity index (χ4n) is 2.22. The van der Waals surface area contributed by atoms with E-state index in [9.17, 15) is 9.59 Å². The molecule has 8 heteroatoms. The third kappa shape index (κ3) is 3.05. The van der Waals surface area contributed by atoms with Gasteiger partial charge in [0.1, 0.15) is 18.2 Å². The van der Waals surface area contributed by atoms with Crippen LogP contribution in [0.2, 0.25) is 0 Å². The van der Waals surface area contributed by atoms with Crippen LogP contribution < -0.4 is 20.7 Å². The summed E-state index contributed by atoms with van der Waals surface area (Å²) in [5.41, 5.74) is 5.66. The smallest absolute Gasteiger partial charge is 0.269 e. The average Bonchev–Trinajstić information content (AvgIpc) is 2.53. The number of nitrogens with one attached hydrogen (secondary N) is 1. The molecule has 1 aliphatic heterocycles. The van der Waals surface area contributed by atoms with Crippen LogP contribution in [0.15, 0.2) is 36.5 Å². The van der Waals surface area contributed by atoms with Crippen molar-refractivity contribution in [2.45, 2.75) is 13.0 Å². The molecule has 118 valence electrons. The highest BCUT2D eigenvalue weighted by atomic mass is 16.5. The minimum absolute atomic E-state index is 0.202. The maximum absolute atomic E-state index is 12.3. The highest BCUT2D eigenvalue weighted by Gasteiger charge is 2.34. The van der Waals surface area contributed by atoms with Gasteiger partial charge in [-0.3, -0.25) is 14.5 Å². The summed E-state index contributed by atoms with van der Waals surface area (Å²) in [7, 11) is 0. The summed E-state index contributed by atoms with van der Waals surface area (Å²) in [5, 5.41) is 2.63. The van der Waals surface area contributed by atoms with Crippen LogP contribution in [-0.2, 0) is 9.59 Å². The largest absolute Gasteiger partial charge is 0.477 e. The first-order chi connectivity index (χ1) is 11.0. The number of amides is 2. The number of hydrogen-bond acceptors (Lipinski definition) is 6. The fourth-order valence-corrected chi connectivity index (χ4v) is 2.22. The molecule has 0 bridgehead atoms. The molecule has 3 N–H and O–H groups in total. The maximum atomic E-state index is 12.3. The minimum atomic E-state index is -0.699. The lowest BCUT2D eigenvalue weighted by atomic mass is 10.2. The van der Waals surface area contributed by atoms with E-state index < -0.39 is 6.10 Å². The van der Waals surface area contributed by atoms with Crippen molar-refractivity contribution in [1.29, 1.82) is 0 Å². The lowest BCUT2D eigenvalue weighted by Crippen LogP contribution is -2.48. The molecule has 0 fully saturated rings. The Morgan fingerprint density at radius 1 is 1.39 bits per heavy atom. The van der Waals surface area contributed by atoms with Crippen molar-refractivity contribution in [3.8, 4) is 5.75 Å². The molecule has 1 unspecified atom stereocenters. The summed E-state index contributed by atoms with van der Waals surface area (Å²) in [6.07, 6.45) is 0.866. The predicted molar refractivity (Wildman–Crippen MR) is 84.0 cm³/mol. The number of hydrogen-bond donors (Lipinski definition) is 2. The van der Waals surface area contributed by atoms with Crippen LogP contribution in [0.4, 0.5) is 17.5 Å². The Morgan fingerprint density at radius 2 is 2.22 bits per heavy atom. The summed E-state index contributed by atoms with van der Waals surface area (Å²) in [5.74, 6) is 0.561. The zero-order chi connectivity index (χ0) is 16.4. The fraction of sp³-hybridized carbons (Fsp3) is 0.200. The van der Waals surface area contributed by atoms with E-state index >= 15 is 0 Å². The van der Waals surface area contributed by atoms with E-state index in [-0.39, 0.29) is 30.0 Å². The van der Waals surface area contributed by atoms with Crippen molar-refractivity contribution in [2.75, 3.05) is 22.5 Å². The second-order valence-corrected chi connectivity index (χ2v) is 5.01. The maximum Gasteiger partial charge on any atom is 0.269 e. The van der Waals surface area contributed by atoms with Crippen molar-refractivity contribution in [2.24, 2.45) is 0 Å². The molecule has 1 atom stereocenters. The van der Waals surface area contributed by atoms with Gasteiger partial charge >= 0.3 is 0 Å². The molecule has 0 aromatic carbocycles. The van der Waals surface area contributed by atoms with Crippen LogP contribution in [0, 0.1) is 0 Å². The van der Waals surface area contributed by atoms with E-state index in [1.165, 1.54) is 4.90 Å². The number of carbonyl (C=O) groups excluding carboxylic acids is 2. The molecule has 3 heterocycles. The van der Waals surface area contributed by atoms with E-state index in [1.54, 1.807) is 43.5 Å². The van der Waals surface area contributed by atoms with Crippen LogP contribution in [0.3, 0.4) is 0 Å². The third-order valence-electron chi connectivity index (χ3n) is 3.27. The quantitative estimate of drug-likeness (QED) is 0.867. The van der Waals surface area contributed by atoms with Crippen LogP contribution >= 0.6 is 0 Å². The SMILES string of the molecule is CC1Oc2ccc(N)nc2N(CC(=O)Nc2ccccn2)C1=O. The van der Waals surface area contributed by atoms with Gasteiger partial charge in [-0.1, -0.05) is 6.07 Å². The van der Waals surface area contributed by atoms with Gasteiger partial charge in [0.05, 0.1) is 0 Å². The summed E-state index contributed by atoms with van der Waals surface area (Å²) in [4.78, 5) is 33.9. The van der Waals surface area contributed by atoms with Gasteiger partial charge < -0.3 is 15.8 Å². The highest BCUT2D eigenvalue weighted by molar-refractivity contribution is 6.05. The van der Waals surface area contributed by atoms with Crippen LogP contribution in [-0.4, -0.2) is 34.4 Å². The first-order valence-corrected chi connectivity index (χ1v) is 7.00. The standard InChI is InChI=1S/C15H15N5O3/c1-9-15(22)20(14-10(23-9)5-6-11(16)18-14)8-13(21)19-12-4-2-3-7-17-12/h2-7,9H,8H2,1H3,(H2,16,18)(H,17,19,21). The van der Waals surface area contributed by atoms with Crippen LogP contribution in [0.1, 0.15) is 6.92 Å². The molecular formula is C15H15N5O3. The topological polar surface area (TPSA) is 110 Å². The van der Waals surface area contributed by atoms with E-state index in [4.69, 9.17) is 10.5 Å². The number of rotatable bonds is 3. The number of pyridine rings is 2. The lowest BCUT2D eigenvalue weighted by Gasteiger charge is -2.31. The van der Waals surface area contributed by atoms with Crippen molar-refractivity contribution in [1.82, 2.24) is 9.97 Å². The first-order valence-electron chi connectivity index (χ1n) is 7.00. The number of nitrogens with zero attached hydrogens (tertiary/aromatic N) is 3. The van der Waals surface area contributed by atoms with Gasteiger partial charge in [-0.2, -0.15) is 0 Å². The zero-order valence-corrected chi connectivity index (χ0v) is 12.4. The monoisotopic (exact) mass is 313 g/mol. The van der Waals surface area contributed by atoms with Gasteiger partial charge in [0.2, 0.25) is 5.91 Å². The number of nitrogen functional groups attached to an aromatic ring is 1. The number of fused-ring (bicyclic) bond motifs is 1. The average molecular weight is 313 g/mol. The number of ether oxygens (including phenoxy) is 1. The summed E-state index contributed by atoms with van der Waals surface area (Å²) in [6, 6.07) is 8.36. The number of nitrogens with two attached hydrogens (primary N) is 1. The van der Waals surface area contributed by atoms with Crippen LogP contribution in [0.25, 0.3) is 0 Å². The van der Waals surface area contributed by atoms with Crippen molar-refractivity contribution in [3.63, 3.8) is 0 Å². The van der Waals surface area contributed by atoms with Gasteiger partial charge in [-0.05, 0) is 31.2 Å². The van der Waals surface area contributed by atoms with E-state index in [0.717, 1.165) is 0 Å². The molecule has 2 aromatic heterocycles. The predicted octanol–water partition coefficient (Wildman–Crippen LogP) is 0.811. The van der Waals surface area contributed by atoms with Crippen molar-refractivity contribution in [3.05, 3.63) is 36.5 Å². The van der Waals surface area contributed by atoms with Gasteiger partial charge in [-0.25, -0.2) is 9.97 Å². The molecule has 1 aliphatic rings. The van der Waals surface area contributed by atoms with Gasteiger partial charge in [0.15, 0.2) is 17.7 Å². The Balaban J connectivity index is 1.82. The highest BCUT2D eigenvalue weighted by Crippen LogP contribution is 2.32. The van der Waals surface area contributed by atoms with Crippen LogP contribution in [0.5, 0.6) is 5.75 Å². The zero-order valence-electron chi connectivity index (χ0n) is 12.4. The summed E-state index contributed by atoms with van der Waals surface area (Å²) < 4.78 is 5.48. The molecule has 0 radical (unpaired) electrons. The van der Waals surface area contributed by atoms with E-state index in [2.05, 4.69) is 15.3 Å². The molecule has 23 heavy (non-hydrogen) atoms. The minimum Gasteiger partial charge on any atom is -0.477 e. The molecule has 0 saturated carbocycles. The molecule has 0 spiro atoms. The van der Waals surface area contributed by atoms with Crippen molar-refractivity contribution < 1.29 is 14.3 Å². The first kappa shape index (κ1) is 14.8. The second kappa shape index (κ2) is 5.91. The summed E-state index contributed by atoms with van der Waals surface area (Å²) in [6.45, 7) is 1.41. The van der Waals surface area contributed by atoms with E-state index in [0.29, 0.717) is 11.6 Å². The molecule has 3 rings (SSSR count). The molecule has 0 saturated heterocycles. The molecular weight excluding hydrogens is 298 g/mol. The molecule has 2 amide bonds. The Hall–Kier alpha value is -3.16. The number of carbonyl (C=O) groups is 2. The van der Waals surface area contributed by atoms with Gasteiger partial charge in [-0.15, -0.1) is 0 Å². The lowest BCUT2D eigenvalue weighted by molar-refractivity contribution is -0.127. The third-order valence-corrected chi connectivity index (χ3v) is 3.27. The Bertz CT molecular complexity index is 750. The Morgan fingerprint density at radius 3 is 2.96 bits per heavy atom. The Kier molecular flexibility index (Phi) is 3.80. The Labute approximate surface area is 132 Å². The van der Waals surface area contributed by atoms with E-state index in [1.807, 2.05) is 0 Å². The second-order valence-electron chi connectivity index (χ2n) is 5.01. The van der Waals surface area contributed by atoms with Gasteiger partial charge in [0, 0.05) is 6.20 Å². The molecule has 8 nitrogen and oxygen atoms in total. The number of aromatic nitrogens is 2. The molecule has 0 aliphatic carbocycles. The number of anilines is 3. The molecule has 2 aromatic rings. The summed E-state index contributed by atoms with van der Waals surface area (Å²) >= 11 is 0. The normalized spacial score (nSPS) is 16.5.